The number of nitrogens with one attached hydrogen (secondary N) is 2. The van der Waals surface area contributed by atoms with E-state index in [1.165, 1.54) is 128 Å². The second-order valence-electron chi connectivity index (χ2n) is 10.4. The first kappa shape index (κ1) is 43.8. The van der Waals surface area contributed by atoms with Gasteiger partial charge in [0.05, 0.1) is 14.2 Å². The number of rotatable bonds is 20. The highest BCUT2D eigenvalue weighted by Crippen LogP contribution is 2.13. The number of hydroxylamine groups is 2. The van der Waals surface area contributed by atoms with Crippen LogP contribution in [0.2, 0.25) is 0 Å². The summed E-state index contributed by atoms with van der Waals surface area (Å²) >= 11 is 0. The van der Waals surface area contributed by atoms with Gasteiger partial charge in [0.15, 0.2) is 0 Å². The Labute approximate surface area is 258 Å². The summed E-state index contributed by atoms with van der Waals surface area (Å²) in [7, 11) is 4.73. The lowest BCUT2D eigenvalue weighted by atomic mass is 10.0. The van der Waals surface area contributed by atoms with Crippen LogP contribution in [0.25, 0.3) is 0 Å². The first-order valence-corrected chi connectivity index (χ1v) is 15.9. The van der Waals surface area contributed by atoms with Crippen LogP contribution in [0.4, 0.5) is 0 Å². The normalized spacial score (nSPS) is 11.7. The molecule has 2 rings (SSSR count). The lowest BCUT2D eigenvalue weighted by Crippen LogP contribution is -2.13. The highest BCUT2D eigenvalue weighted by molar-refractivity contribution is 5.85. The Balaban J connectivity index is -0.000000555. The number of carbonyl (C=O) groups excluding carboxylic acids is 2. The minimum Gasteiger partial charge on any atom is -0.370 e. The van der Waals surface area contributed by atoms with E-state index in [0.717, 1.165) is 25.8 Å². The van der Waals surface area contributed by atoms with Crippen molar-refractivity contribution < 1.29 is 19.3 Å². The Kier molecular flexibility index (Phi) is 38.9. The molecule has 8 nitrogen and oxygen atoms in total. The molecule has 1 saturated heterocycles. The Morgan fingerprint density at radius 1 is 0.854 bits per heavy atom. The molecule has 2 amide bonds. The maximum absolute atomic E-state index is 10.6. The number of nitrogens with two attached hydrogens (primary N) is 1. The summed E-state index contributed by atoms with van der Waals surface area (Å²) in [5.74, 6) is 0.0506. The molecule has 244 valence electrons. The van der Waals surface area contributed by atoms with Crippen LogP contribution >= 0.6 is 12.4 Å². The molecule has 4 N–H and O–H groups in total. The Hall–Kier alpha value is -1.61. The van der Waals surface area contributed by atoms with Gasteiger partial charge in [0, 0.05) is 38.3 Å². The van der Waals surface area contributed by atoms with Gasteiger partial charge < -0.3 is 16.0 Å². The smallest absolute Gasteiger partial charge is 0.220 e. The number of unbranched alkanes of at least 4 members (excludes halogenated alkanes) is 14. The zero-order chi connectivity index (χ0) is 30.1. The topological polar surface area (TPSA) is 110 Å². The van der Waals surface area contributed by atoms with E-state index in [9.17, 15) is 9.59 Å². The molecule has 0 saturated carbocycles. The SMILES string of the molecule is CCCCCCCCCCCCCCCCCC(N)=O.CCCc1ccc[nH]1.CON(C)OC.Cl.O=C1CCCN1. The van der Waals surface area contributed by atoms with Crippen molar-refractivity contribution in [3.05, 3.63) is 24.0 Å². The quantitative estimate of drug-likeness (QED) is 0.103. The van der Waals surface area contributed by atoms with Gasteiger partial charge >= 0.3 is 0 Å². The molecule has 0 aromatic carbocycles. The molecule has 0 radical (unpaired) electrons. The van der Waals surface area contributed by atoms with E-state index in [2.05, 4.69) is 39.9 Å². The van der Waals surface area contributed by atoms with Gasteiger partial charge in [-0.2, -0.15) is 0 Å². The van der Waals surface area contributed by atoms with Gasteiger partial charge in [0.1, 0.15) is 0 Å². The number of carbonyl (C=O) groups is 2. The van der Waals surface area contributed by atoms with Gasteiger partial charge in [-0.1, -0.05) is 115 Å². The van der Waals surface area contributed by atoms with Crippen molar-refractivity contribution >= 4 is 24.2 Å². The summed E-state index contributed by atoms with van der Waals surface area (Å²) in [6, 6.07) is 4.15. The Bertz CT molecular complexity index is 636. The standard InChI is InChI=1S/C18H37NO.C7H11N.C4H7NO.C3H9NO2.ClH/c1-2-3-4-5-6-7-8-9-10-11-12-13-14-15-16-17-18(19)20;1-2-4-7-5-3-6-8-7;6-4-2-1-3-5-4;1-4(5-2)6-3;/h2-17H2,1H3,(H2,19,20);3,5-6,8H,2,4H2,1H3;1-3H2,(H,5,6);1-3H3;1H. The molecular weight excluding hydrogens is 540 g/mol. The molecule has 0 spiro atoms. The first-order valence-electron chi connectivity index (χ1n) is 15.9. The summed E-state index contributed by atoms with van der Waals surface area (Å²) < 4.78 is 0. The average molecular weight is 605 g/mol. The van der Waals surface area contributed by atoms with Crippen LogP contribution in [-0.2, 0) is 25.7 Å². The predicted molar refractivity (Wildman–Crippen MR) is 175 cm³/mol. The third-order valence-electron chi connectivity index (χ3n) is 6.63. The minimum atomic E-state index is -0.153. The van der Waals surface area contributed by atoms with Gasteiger partial charge in [-0.25, -0.2) is 0 Å². The summed E-state index contributed by atoms with van der Waals surface area (Å²) in [5.41, 5.74) is 6.45. The van der Waals surface area contributed by atoms with E-state index >= 15 is 0 Å². The maximum atomic E-state index is 10.6. The second kappa shape index (κ2) is 36.4. The minimum absolute atomic E-state index is 0. The van der Waals surface area contributed by atoms with Crippen LogP contribution in [0.15, 0.2) is 18.3 Å². The third-order valence-corrected chi connectivity index (χ3v) is 6.63. The number of nitrogens with zero attached hydrogens (tertiary/aromatic N) is 1. The van der Waals surface area contributed by atoms with Gasteiger partial charge in [-0.3, -0.25) is 19.3 Å². The summed E-state index contributed by atoms with van der Waals surface area (Å²) in [6.45, 7) is 5.34. The Morgan fingerprint density at radius 3 is 1.61 bits per heavy atom. The maximum Gasteiger partial charge on any atom is 0.220 e. The number of halogens is 1. The molecule has 0 unspecified atom stereocenters. The number of primary amides is 1. The van der Waals surface area contributed by atoms with Crippen LogP contribution in [0.1, 0.15) is 142 Å². The molecule has 1 aliphatic rings. The van der Waals surface area contributed by atoms with Crippen LogP contribution in [-0.4, -0.2) is 49.8 Å². The molecule has 1 aromatic rings. The number of aromatic amines is 1. The van der Waals surface area contributed by atoms with Gasteiger partial charge in [-0.15, -0.1) is 12.4 Å². The second-order valence-corrected chi connectivity index (χ2v) is 10.4. The van der Waals surface area contributed by atoms with Crippen molar-refractivity contribution in [2.24, 2.45) is 5.73 Å². The summed E-state index contributed by atoms with van der Waals surface area (Å²) in [6.07, 6.45) is 27.0. The van der Waals surface area contributed by atoms with Crippen molar-refractivity contribution in [1.82, 2.24) is 15.5 Å². The van der Waals surface area contributed by atoms with Crippen molar-refractivity contribution in [3.63, 3.8) is 0 Å². The number of H-pyrrole nitrogens is 1. The average Bonchev–Trinajstić information content (AvgIpc) is 3.65. The van der Waals surface area contributed by atoms with E-state index in [1.807, 2.05) is 12.3 Å². The fraction of sp³-hybridized carbons (Fsp3) is 0.812. The third kappa shape index (κ3) is 38.4. The number of hydrogen-bond donors (Lipinski definition) is 3. The number of aryl methyl sites for hydroxylation is 1. The van der Waals surface area contributed by atoms with Crippen molar-refractivity contribution in [3.8, 4) is 0 Å². The van der Waals surface area contributed by atoms with Crippen LogP contribution in [0.3, 0.4) is 0 Å². The molecule has 1 aromatic heterocycles. The van der Waals surface area contributed by atoms with Crippen molar-refractivity contribution in [2.45, 2.75) is 142 Å². The van der Waals surface area contributed by atoms with E-state index in [1.54, 1.807) is 7.05 Å². The largest absolute Gasteiger partial charge is 0.370 e. The molecule has 1 aliphatic heterocycles. The molecule has 0 bridgehead atoms. The summed E-state index contributed by atoms with van der Waals surface area (Å²) in [5, 5.41) is 3.93. The first-order chi connectivity index (χ1) is 19.4. The van der Waals surface area contributed by atoms with E-state index in [-0.39, 0.29) is 24.2 Å². The van der Waals surface area contributed by atoms with Crippen molar-refractivity contribution in [2.75, 3.05) is 27.8 Å². The number of amides is 2. The van der Waals surface area contributed by atoms with E-state index in [0.29, 0.717) is 6.42 Å². The van der Waals surface area contributed by atoms with E-state index in [4.69, 9.17) is 5.73 Å². The highest BCUT2D eigenvalue weighted by atomic mass is 35.5. The molecular formula is C32H65ClN4O4. The number of hydrogen-bond acceptors (Lipinski definition) is 5. The zero-order valence-corrected chi connectivity index (χ0v) is 28.0. The summed E-state index contributed by atoms with van der Waals surface area (Å²) in [4.78, 5) is 32.8. The van der Waals surface area contributed by atoms with Gasteiger partial charge in [0.2, 0.25) is 11.8 Å². The molecule has 0 atom stereocenters. The fourth-order valence-corrected chi connectivity index (χ4v) is 4.10. The Morgan fingerprint density at radius 2 is 1.34 bits per heavy atom. The molecule has 0 aliphatic carbocycles. The van der Waals surface area contributed by atoms with Crippen LogP contribution in [0.5, 0.6) is 0 Å². The zero-order valence-electron chi connectivity index (χ0n) is 27.1. The lowest BCUT2D eigenvalue weighted by molar-refractivity contribution is -0.325. The predicted octanol–water partition coefficient (Wildman–Crippen LogP) is 8.06. The van der Waals surface area contributed by atoms with E-state index < -0.39 is 0 Å². The molecule has 1 fully saturated rings. The molecule has 9 heteroatoms. The van der Waals surface area contributed by atoms with Gasteiger partial charge in [0.25, 0.3) is 0 Å². The lowest BCUT2D eigenvalue weighted by Gasteiger charge is -2.06. The fourth-order valence-electron chi connectivity index (χ4n) is 4.10. The highest BCUT2D eigenvalue weighted by Gasteiger charge is 2.05. The monoisotopic (exact) mass is 604 g/mol. The molecule has 2 heterocycles. The van der Waals surface area contributed by atoms with Crippen LogP contribution < -0.4 is 11.1 Å². The van der Waals surface area contributed by atoms with Gasteiger partial charge in [-0.05, 0) is 31.4 Å². The van der Waals surface area contributed by atoms with Crippen molar-refractivity contribution in [1.29, 1.82) is 0 Å². The number of aromatic nitrogens is 1. The molecule has 41 heavy (non-hydrogen) atoms. The van der Waals surface area contributed by atoms with Crippen LogP contribution in [0, 0.1) is 0 Å².